The molecule has 9 nitrogen and oxygen atoms in total. The molecule has 10 heteroatoms. The summed E-state index contributed by atoms with van der Waals surface area (Å²) < 4.78 is 25.9. The minimum Gasteiger partial charge on any atom is -0.454 e. The van der Waals surface area contributed by atoms with Gasteiger partial charge in [0.1, 0.15) is 16.7 Å². The van der Waals surface area contributed by atoms with Crippen LogP contribution in [0.4, 0.5) is 0 Å². The minimum absolute atomic E-state index is 0.0742. The number of pyridine rings is 1. The first-order valence-electron chi connectivity index (χ1n) is 14.3. The van der Waals surface area contributed by atoms with E-state index < -0.39 is 15.7 Å². The van der Waals surface area contributed by atoms with Crippen molar-refractivity contribution in [2.24, 2.45) is 0 Å². The first kappa shape index (κ1) is 30.7. The number of aliphatic hydroxyl groups excluding tert-OH is 1. The summed E-state index contributed by atoms with van der Waals surface area (Å²) in [5, 5.41) is 13.0. The summed E-state index contributed by atoms with van der Waals surface area (Å²) in [7, 11) is 2.59. The van der Waals surface area contributed by atoms with Crippen molar-refractivity contribution in [2.45, 2.75) is 51.1 Å². The molecule has 0 saturated carbocycles. The van der Waals surface area contributed by atoms with Crippen molar-refractivity contribution in [1.82, 2.24) is 19.5 Å². The first-order valence-corrected chi connectivity index (χ1v) is 15.4. The molecule has 3 heterocycles. The maximum atomic E-state index is 13.7. The Morgan fingerprint density at radius 2 is 1.95 bits per heavy atom. The van der Waals surface area contributed by atoms with E-state index in [0.29, 0.717) is 36.7 Å². The number of amides is 1. The number of nitrogens with one attached hydrogen (secondary N) is 1. The molecule has 2 atom stereocenters. The van der Waals surface area contributed by atoms with E-state index in [1.54, 1.807) is 6.07 Å². The Hall–Kier alpha value is -3.75. The van der Waals surface area contributed by atoms with Crippen LogP contribution in [-0.4, -0.2) is 68.2 Å². The second-order valence-electron chi connectivity index (χ2n) is 11.9. The topological polar surface area (TPSA) is 104 Å². The number of carbonyl (C=O) groups is 1. The molecule has 2 aliphatic heterocycles. The number of nitrogens with zero attached hydrogens (tertiary/aromatic N) is 3. The molecule has 5 rings (SSSR count). The number of carbonyl (C=O) groups excluding carboxylic acids is 1. The predicted octanol–water partition coefficient (Wildman–Crippen LogP) is 4.02. The van der Waals surface area contributed by atoms with Crippen molar-refractivity contribution in [2.75, 3.05) is 34.0 Å². The number of fused-ring (bicyclic) bond motifs is 2. The maximum Gasteiger partial charge on any atom is 0.270 e. The molecule has 0 fully saturated rings. The molecular formula is C33H38N4O5S. The van der Waals surface area contributed by atoms with E-state index in [4.69, 9.17) is 14.5 Å². The molecule has 2 aliphatic rings. The molecule has 0 aliphatic carbocycles. The summed E-state index contributed by atoms with van der Waals surface area (Å²) in [4.78, 5) is 20.4. The Morgan fingerprint density at radius 3 is 2.70 bits per heavy atom. The predicted molar refractivity (Wildman–Crippen MR) is 167 cm³/mol. The summed E-state index contributed by atoms with van der Waals surface area (Å²) in [6.45, 7) is 7.21. The molecule has 2 aromatic carbocycles. The maximum absolute atomic E-state index is 13.7. The van der Waals surface area contributed by atoms with E-state index in [9.17, 15) is 14.1 Å². The van der Waals surface area contributed by atoms with E-state index in [2.05, 4.69) is 17.2 Å². The number of hydrogen-bond acceptors (Lipinski definition) is 7. The van der Waals surface area contributed by atoms with Gasteiger partial charge in [-0.15, -0.1) is 0 Å². The third kappa shape index (κ3) is 6.92. The van der Waals surface area contributed by atoms with E-state index >= 15 is 0 Å². The molecule has 1 aromatic heterocycles. The fraction of sp³-hybridized carbons (Fsp3) is 0.394. The van der Waals surface area contributed by atoms with Crippen LogP contribution in [0.15, 0.2) is 48.5 Å². The summed E-state index contributed by atoms with van der Waals surface area (Å²) >= 11 is 0. The third-order valence-corrected chi connectivity index (χ3v) is 9.03. The lowest BCUT2D eigenvalue weighted by molar-refractivity contribution is 0.0945. The van der Waals surface area contributed by atoms with Crippen LogP contribution >= 0.6 is 0 Å². The zero-order valence-electron chi connectivity index (χ0n) is 25.3. The second kappa shape index (κ2) is 12.9. The fourth-order valence-corrected chi connectivity index (χ4v) is 6.58. The molecule has 226 valence electrons. The van der Waals surface area contributed by atoms with Crippen LogP contribution in [-0.2, 0) is 24.1 Å². The van der Waals surface area contributed by atoms with Gasteiger partial charge in [0.2, 0.25) is 6.79 Å². The number of benzene rings is 2. The standard InChI is InChI=1S/C33H38N4O5S/c1-33(2,3)43(40)37-20-25-18-26(32(39)34-19-23-11-12-28-29(17-23)42-21-41-28)35-31(30(25)27(37)13-15-38)24-10-6-8-22(16-24)9-7-14-36(4)5/h6,8,10-12,16-18,27,38H,13-15,19-21H2,1-5H3,(H,34,39)/t27-,43?/m0/s1. The van der Waals surface area contributed by atoms with Crippen molar-refractivity contribution < 1.29 is 23.6 Å². The molecule has 0 bridgehead atoms. The van der Waals surface area contributed by atoms with Gasteiger partial charge in [-0.3, -0.25) is 9.69 Å². The van der Waals surface area contributed by atoms with Crippen LogP contribution in [0.5, 0.6) is 11.5 Å². The minimum atomic E-state index is -1.35. The molecule has 0 spiro atoms. The highest BCUT2D eigenvalue weighted by Gasteiger charge is 2.40. The van der Waals surface area contributed by atoms with Crippen LogP contribution in [0.2, 0.25) is 0 Å². The summed E-state index contributed by atoms with van der Waals surface area (Å²) in [6, 6.07) is 14.8. The number of hydrogen-bond donors (Lipinski definition) is 2. The number of ether oxygens (including phenoxy) is 2. The van der Waals surface area contributed by atoms with Gasteiger partial charge in [-0.25, -0.2) is 13.5 Å². The zero-order valence-corrected chi connectivity index (χ0v) is 26.1. The van der Waals surface area contributed by atoms with Gasteiger partial charge in [0.15, 0.2) is 11.5 Å². The van der Waals surface area contributed by atoms with Gasteiger partial charge in [0.25, 0.3) is 5.91 Å². The summed E-state index contributed by atoms with van der Waals surface area (Å²) in [5.74, 6) is 7.40. The molecular weight excluding hydrogens is 564 g/mol. The molecule has 43 heavy (non-hydrogen) atoms. The van der Waals surface area contributed by atoms with Crippen molar-refractivity contribution in [3.05, 3.63) is 76.5 Å². The highest BCUT2D eigenvalue weighted by molar-refractivity contribution is 7.84. The number of aliphatic hydroxyl groups is 1. The average molecular weight is 603 g/mol. The lowest BCUT2D eigenvalue weighted by atomic mass is 9.95. The van der Waals surface area contributed by atoms with Crippen molar-refractivity contribution in [3.8, 4) is 34.6 Å². The fourth-order valence-electron chi connectivity index (χ4n) is 5.17. The molecule has 0 radical (unpaired) electrons. The van der Waals surface area contributed by atoms with Gasteiger partial charge >= 0.3 is 0 Å². The Kier molecular flexibility index (Phi) is 9.18. The van der Waals surface area contributed by atoms with Gasteiger partial charge < -0.3 is 19.9 Å². The van der Waals surface area contributed by atoms with Gasteiger partial charge in [0, 0.05) is 36.4 Å². The van der Waals surface area contributed by atoms with Crippen LogP contribution in [0.3, 0.4) is 0 Å². The van der Waals surface area contributed by atoms with Crippen molar-refractivity contribution >= 4 is 16.9 Å². The van der Waals surface area contributed by atoms with Gasteiger partial charge in [-0.2, -0.15) is 0 Å². The van der Waals surface area contributed by atoms with Crippen LogP contribution in [0.25, 0.3) is 11.3 Å². The normalized spacial score (nSPS) is 16.5. The smallest absolute Gasteiger partial charge is 0.270 e. The van der Waals surface area contributed by atoms with Gasteiger partial charge in [0.05, 0.1) is 23.0 Å². The van der Waals surface area contributed by atoms with Gasteiger partial charge in [-0.05, 0) is 82.7 Å². The SMILES string of the molecule is CN(C)CC#Cc1cccc(-c2nc(C(=O)NCc3ccc4c(c3)OCO4)cc3c2[C@H](CCO)N(S(=O)C(C)(C)C)C3)c1. The molecule has 2 N–H and O–H groups in total. The first-order chi connectivity index (χ1) is 20.5. The molecule has 1 unspecified atom stereocenters. The highest BCUT2D eigenvalue weighted by atomic mass is 32.2. The van der Waals surface area contributed by atoms with E-state index in [1.165, 1.54) is 0 Å². The Morgan fingerprint density at radius 1 is 1.16 bits per heavy atom. The zero-order chi connectivity index (χ0) is 30.7. The van der Waals surface area contributed by atoms with Crippen molar-refractivity contribution in [3.63, 3.8) is 0 Å². The monoisotopic (exact) mass is 602 g/mol. The number of aromatic nitrogens is 1. The van der Waals surface area contributed by atoms with E-state index in [-0.39, 0.29) is 37.6 Å². The Labute approximate surface area is 255 Å². The molecule has 3 aromatic rings. The lowest BCUT2D eigenvalue weighted by Gasteiger charge is -2.30. The van der Waals surface area contributed by atoms with Gasteiger partial charge in [-0.1, -0.05) is 30.0 Å². The second-order valence-corrected chi connectivity index (χ2v) is 14.1. The van der Waals surface area contributed by atoms with Crippen LogP contribution in [0, 0.1) is 11.8 Å². The highest BCUT2D eigenvalue weighted by Crippen LogP contribution is 2.44. The average Bonchev–Trinajstić information content (AvgIpc) is 3.59. The summed E-state index contributed by atoms with van der Waals surface area (Å²) in [5.41, 5.74) is 5.18. The number of rotatable bonds is 8. The Balaban J connectivity index is 1.53. The van der Waals surface area contributed by atoms with E-state index in [0.717, 1.165) is 27.8 Å². The van der Waals surface area contributed by atoms with Crippen LogP contribution < -0.4 is 14.8 Å². The van der Waals surface area contributed by atoms with Crippen LogP contribution in [0.1, 0.15) is 66.0 Å². The quantitative estimate of drug-likeness (QED) is 0.376. The Bertz CT molecular complexity index is 1600. The van der Waals surface area contributed by atoms with E-state index in [1.807, 2.05) is 86.5 Å². The summed E-state index contributed by atoms with van der Waals surface area (Å²) in [6.07, 6.45) is 0.390. The third-order valence-electron chi connectivity index (χ3n) is 7.18. The molecule has 1 amide bonds. The molecule has 0 saturated heterocycles. The largest absolute Gasteiger partial charge is 0.454 e. The van der Waals surface area contributed by atoms with Crippen molar-refractivity contribution in [1.29, 1.82) is 0 Å². The lowest BCUT2D eigenvalue weighted by Crippen LogP contribution is -2.36.